The van der Waals surface area contributed by atoms with Crippen molar-refractivity contribution in [1.29, 1.82) is 0 Å². The van der Waals surface area contributed by atoms with Gasteiger partial charge < -0.3 is 10.6 Å². The van der Waals surface area contributed by atoms with E-state index in [1.165, 1.54) is 32.1 Å². The van der Waals surface area contributed by atoms with E-state index in [4.69, 9.17) is 5.73 Å². The Morgan fingerprint density at radius 1 is 1.32 bits per heavy atom. The molecule has 0 aromatic rings. The number of hydrogen-bond acceptors (Lipinski definition) is 2. The van der Waals surface area contributed by atoms with Gasteiger partial charge in [0.05, 0.1) is 0 Å². The summed E-state index contributed by atoms with van der Waals surface area (Å²) in [5.41, 5.74) is 5.55. The topological polar surface area (TPSA) is 46.3 Å². The summed E-state index contributed by atoms with van der Waals surface area (Å²) in [5.74, 6) is 1.79. The molecule has 0 bridgehead atoms. The van der Waals surface area contributed by atoms with E-state index in [1.54, 1.807) is 0 Å². The van der Waals surface area contributed by atoms with E-state index < -0.39 is 0 Å². The van der Waals surface area contributed by atoms with Crippen molar-refractivity contribution in [3.8, 4) is 0 Å². The van der Waals surface area contributed by atoms with Crippen LogP contribution < -0.4 is 5.73 Å². The molecule has 1 saturated heterocycles. The molecule has 1 aliphatic heterocycles. The summed E-state index contributed by atoms with van der Waals surface area (Å²) in [5, 5.41) is 0. The largest absolute Gasteiger partial charge is 0.343 e. The molecule has 3 nitrogen and oxygen atoms in total. The summed E-state index contributed by atoms with van der Waals surface area (Å²) in [6, 6.07) is 0. The van der Waals surface area contributed by atoms with Gasteiger partial charge in [-0.05, 0) is 50.5 Å². The van der Waals surface area contributed by atoms with E-state index in [9.17, 15) is 4.79 Å². The van der Waals surface area contributed by atoms with Crippen molar-refractivity contribution in [2.24, 2.45) is 17.6 Å². The second-order valence-electron chi connectivity index (χ2n) is 6.19. The maximum absolute atomic E-state index is 12.2. The Hall–Kier alpha value is -0.570. The van der Waals surface area contributed by atoms with E-state index in [0.717, 1.165) is 38.4 Å². The fourth-order valence-corrected chi connectivity index (χ4v) is 3.07. The molecule has 3 heteroatoms. The van der Waals surface area contributed by atoms with Crippen molar-refractivity contribution in [2.75, 3.05) is 19.6 Å². The fourth-order valence-electron chi connectivity index (χ4n) is 3.07. The number of rotatable bonds is 7. The zero-order valence-corrected chi connectivity index (χ0v) is 12.9. The van der Waals surface area contributed by atoms with Crippen LogP contribution in [-0.4, -0.2) is 30.4 Å². The first-order chi connectivity index (χ1) is 9.17. The van der Waals surface area contributed by atoms with Crippen molar-refractivity contribution in [2.45, 2.75) is 65.2 Å². The highest BCUT2D eigenvalue weighted by Crippen LogP contribution is 2.22. The molecule has 0 spiro atoms. The first-order valence-electron chi connectivity index (χ1n) is 8.15. The van der Waals surface area contributed by atoms with Crippen molar-refractivity contribution in [3.05, 3.63) is 0 Å². The molecule has 2 N–H and O–H groups in total. The zero-order chi connectivity index (χ0) is 14.1. The average molecular weight is 268 g/mol. The standard InChI is InChI=1S/C16H32N2O/c1-3-5-15-6-4-12-18(13-10-15)16(19)8-7-14(2)9-11-17/h14-15H,3-13,17H2,1-2H3. The Bertz CT molecular complexity index is 255. The van der Waals surface area contributed by atoms with E-state index >= 15 is 0 Å². The molecule has 1 fully saturated rings. The lowest BCUT2D eigenvalue weighted by atomic mass is 9.96. The third-order valence-electron chi connectivity index (χ3n) is 4.41. The molecule has 112 valence electrons. The van der Waals surface area contributed by atoms with Crippen molar-refractivity contribution in [3.63, 3.8) is 0 Å². The Balaban J connectivity index is 2.28. The molecule has 0 saturated carbocycles. The van der Waals surface area contributed by atoms with Gasteiger partial charge in [0.2, 0.25) is 5.91 Å². The normalized spacial score (nSPS) is 22.1. The predicted octanol–water partition coefficient (Wildman–Crippen LogP) is 3.18. The van der Waals surface area contributed by atoms with Gasteiger partial charge in [-0.15, -0.1) is 0 Å². The molecule has 0 radical (unpaired) electrons. The molecule has 1 aliphatic rings. The van der Waals surface area contributed by atoms with Gasteiger partial charge in [0, 0.05) is 19.5 Å². The van der Waals surface area contributed by atoms with Gasteiger partial charge in [-0.2, -0.15) is 0 Å². The molecule has 0 aromatic carbocycles. The van der Waals surface area contributed by atoms with Gasteiger partial charge in [0.15, 0.2) is 0 Å². The molecule has 0 aliphatic carbocycles. The number of carbonyl (C=O) groups excluding carboxylic acids is 1. The second kappa shape index (κ2) is 9.35. The van der Waals surface area contributed by atoms with Gasteiger partial charge in [-0.3, -0.25) is 4.79 Å². The Morgan fingerprint density at radius 2 is 2.11 bits per heavy atom. The average Bonchev–Trinajstić information content (AvgIpc) is 2.62. The number of nitrogens with zero attached hydrogens (tertiary/aromatic N) is 1. The van der Waals surface area contributed by atoms with Crippen molar-refractivity contribution >= 4 is 5.91 Å². The van der Waals surface area contributed by atoms with E-state index in [2.05, 4.69) is 18.7 Å². The second-order valence-corrected chi connectivity index (χ2v) is 6.19. The van der Waals surface area contributed by atoms with E-state index in [-0.39, 0.29) is 0 Å². The molecule has 1 amide bonds. The molecular formula is C16H32N2O. The highest BCUT2D eigenvalue weighted by Gasteiger charge is 2.20. The summed E-state index contributed by atoms with van der Waals surface area (Å²) >= 11 is 0. The predicted molar refractivity (Wildman–Crippen MR) is 80.9 cm³/mol. The smallest absolute Gasteiger partial charge is 0.222 e. The van der Waals surface area contributed by atoms with Crippen LogP contribution in [0.1, 0.15) is 65.2 Å². The van der Waals surface area contributed by atoms with Crippen LogP contribution in [0.3, 0.4) is 0 Å². The van der Waals surface area contributed by atoms with Crippen LogP contribution in [0.25, 0.3) is 0 Å². The molecule has 0 aromatic heterocycles. The number of carbonyl (C=O) groups is 1. The van der Waals surface area contributed by atoms with Crippen LogP contribution in [-0.2, 0) is 4.79 Å². The minimum Gasteiger partial charge on any atom is -0.343 e. The molecule has 1 heterocycles. The van der Waals surface area contributed by atoms with Crippen LogP contribution in [0.5, 0.6) is 0 Å². The monoisotopic (exact) mass is 268 g/mol. The van der Waals surface area contributed by atoms with Crippen LogP contribution in [0, 0.1) is 11.8 Å². The quantitative estimate of drug-likeness (QED) is 0.771. The lowest BCUT2D eigenvalue weighted by Crippen LogP contribution is -2.32. The Kier molecular flexibility index (Phi) is 8.11. The van der Waals surface area contributed by atoms with Gasteiger partial charge >= 0.3 is 0 Å². The molecule has 1 rings (SSSR count). The minimum absolute atomic E-state index is 0.362. The zero-order valence-electron chi connectivity index (χ0n) is 12.9. The maximum Gasteiger partial charge on any atom is 0.222 e. The lowest BCUT2D eigenvalue weighted by molar-refractivity contribution is -0.131. The number of likely N-dealkylation sites (tertiary alicyclic amines) is 1. The van der Waals surface area contributed by atoms with Gasteiger partial charge in [0.1, 0.15) is 0 Å². The molecule has 2 atom stereocenters. The third kappa shape index (κ3) is 6.42. The van der Waals surface area contributed by atoms with Crippen molar-refractivity contribution < 1.29 is 4.79 Å². The highest BCUT2D eigenvalue weighted by molar-refractivity contribution is 5.76. The SMILES string of the molecule is CCCC1CCCN(C(=O)CCC(C)CCN)CC1. The van der Waals surface area contributed by atoms with Crippen molar-refractivity contribution in [1.82, 2.24) is 4.90 Å². The van der Waals surface area contributed by atoms with Crippen LogP contribution in [0.4, 0.5) is 0 Å². The Morgan fingerprint density at radius 3 is 2.79 bits per heavy atom. The summed E-state index contributed by atoms with van der Waals surface area (Å²) in [6.45, 7) is 7.14. The minimum atomic E-state index is 0.362. The molecule has 19 heavy (non-hydrogen) atoms. The summed E-state index contributed by atoms with van der Waals surface area (Å²) < 4.78 is 0. The number of hydrogen-bond donors (Lipinski definition) is 1. The van der Waals surface area contributed by atoms with Crippen LogP contribution in [0.15, 0.2) is 0 Å². The first kappa shape index (κ1) is 16.5. The number of amides is 1. The van der Waals surface area contributed by atoms with Gasteiger partial charge in [0.25, 0.3) is 0 Å². The molecular weight excluding hydrogens is 236 g/mol. The first-order valence-corrected chi connectivity index (χ1v) is 8.15. The Labute approximate surface area is 118 Å². The van der Waals surface area contributed by atoms with E-state index in [1.807, 2.05) is 0 Å². The summed E-state index contributed by atoms with van der Waals surface area (Å²) in [4.78, 5) is 14.3. The maximum atomic E-state index is 12.2. The lowest BCUT2D eigenvalue weighted by Gasteiger charge is -2.21. The fraction of sp³-hybridized carbons (Fsp3) is 0.938. The van der Waals surface area contributed by atoms with E-state index in [0.29, 0.717) is 18.2 Å². The number of nitrogens with two attached hydrogens (primary N) is 1. The summed E-state index contributed by atoms with van der Waals surface area (Å²) in [6.07, 6.45) is 9.04. The van der Waals surface area contributed by atoms with Crippen LogP contribution in [0.2, 0.25) is 0 Å². The highest BCUT2D eigenvalue weighted by atomic mass is 16.2. The summed E-state index contributed by atoms with van der Waals surface area (Å²) in [7, 11) is 0. The van der Waals surface area contributed by atoms with Crippen LogP contribution >= 0.6 is 0 Å². The molecule has 2 unspecified atom stereocenters. The third-order valence-corrected chi connectivity index (χ3v) is 4.41. The van der Waals surface area contributed by atoms with Gasteiger partial charge in [-0.1, -0.05) is 26.7 Å². The van der Waals surface area contributed by atoms with Gasteiger partial charge in [-0.25, -0.2) is 0 Å².